The third-order valence-electron chi connectivity index (χ3n) is 3.37. The Balaban J connectivity index is 1.71. The molecule has 0 unspecified atom stereocenters. The maximum absolute atomic E-state index is 11.5. The molecule has 0 aromatic rings. The van der Waals surface area contributed by atoms with E-state index in [0.717, 1.165) is 26.2 Å². The van der Waals surface area contributed by atoms with E-state index >= 15 is 0 Å². The summed E-state index contributed by atoms with van der Waals surface area (Å²) in [6.45, 7) is 9.72. The SMILES string of the molecule is CC(C)(C)OC(=O)NN1CC2(CCNCC2)C1. The standard InChI is InChI=1S/C12H23N3O2/c1-11(2,3)17-10(16)14-15-8-12(9-15)4-6-13-7-5-12/h13H,4-9H2,1-3H3,(H,14,16). The highest BCUT2D eigenvalue weighted by Crippen LogP contribution is 2.37. The molecule has 5 nitrogen and oxygen atoms in total. The minimum atomic E-state index is -0.429. The van der Waals surface area contributed by atoms with E-state index < -0.39 is 5.60 Å². The molecule has 0 bridgehead atoms. The zero-order valence-electron chi connectivity index (χ0n) is 11.0. The quantitative estimate of drug-likeness (QED) is 0.722. The molecule has 2 aliphatic rings. The summed E-state index contributed by atoms with van der Waals surface area (Å²) < 4.78 is 5.22. The average Bonchev–Trinajstić information content (AvgIpc) is 2.13. The fourth-order valence-electron chi connectivity index (χ4n) is 2.55. The number of nitrogens with one attached hydrogen (secondary N) is 2. The van der Waals surface area contributed by atoms with Crippen LogP contribution in [0.3, 0.4) is 0 Å². The highest BCUT2D eigenvalue weighted by Gasteiger charge is 2.44. The van der Waals surface area contributed by atoms with Gasteiger partial charge in [-0.1, -0.05) is 0 Å². The van der Waals surface area contributed by atoms with E-state index in [-0.39, 0.29) is 6.09 Å². The fraction of sp³-hybridized carbons (Fsp3) is 0.917. The third kappa shape index (κ3) is 3.33. The first kappa shape index (κ1) is 12.6. The first-order chi connectivity index (χ1) is 7.89. The molecular formula is C12H23N3O2. The number of piperidine rings is 1. The monoisotopic (exact) mass is 241 g/mol. The lowest BCUT2D eigenvalue weighted by atomic mass is 9.73. The van der Waals surface area contributed by atoms with Gasteiger partial charge in [-0.2, -0.15) is 0 Å². The van der Waals surface area contributed by atoms with Crippen molar-refractivity contribution < 1.29 is 9.53 Å². The maximum atomic E-state index is 11.5. The van der Waals surface area contributed by atoms with Gasteiger partial charge in [0.05, 0.1) is 0 Å². The van der Waals surface area contributed by atoms with Gasteiger partial charge in [0.2, 0.25) is 0 Å². The molecule has 17 heavy (non-hydrogen) atoms. The Kier molecular flexibility index (Phi) is 3.32. The first-order valence-corrected chi connectivity index (χ1v) is 6.34. The second-order valence-corrected chi connectivity index (χ2v) is 6.22. The highest BCUT2D eigenvalue weighted by molar-refractivity contribution is 5.67. The van der Waals surface area contributed by atoms with Crippen LogP contribution in [0.2, 0.25) is 0 Å². The zero-order chi connectivity index (χ0) is 12.5. The lowest BCUT2D eigenvalue weighted by Crippen LogP contribution is -2.65. The molecular weight excluding hydrogens is 218 g/mol. The maximum Gasteiger partial charge on any atom is 0.422 e. The van der Waals surface area contributed by atoms with Crippen molar-refractivity contribution in [3.63, 3.8) is 0 Å². The van der Waals surface area contributed by atoms with Crippen molar-refractivity contribution in [2.24, 2.45) is 5.41 Å². The van der Waals surface area contributed by atoms with Crippen molar-refractivity contribution >= 4 is 6.09 Å². The van der Waals surface area contributed by atoms with Crippen LogP contribution in [0, 0.1) is 5.41 Å². The van der Waals surface area contributed by atoms with Crippen molar-refractivity contribution in [3.8, 4) is 0 Å². The van der Waals surface area contributed by atoms with Gasteiger partial charge >= 0.3 is 6.09 Å². The van der Waals surface area contributed by atoms with Crippen molar-refractivity contribution in [2.75, 3.05) is 26.2 Å². The number of hydrogen-bond donors (Lipinski definition) is 2. The Bertz CT molecular complexity index is 285. The van der Waals surface area contributed by atoms with Crippen molar-refractivity contribution in [1.29, 1.82) is 0 Å². The van der Waals surface area contributed by atoms with Crippen LogP contribution in [-0.2, 0) is 4.74 Å². The number of carbonyl (C=O) groups excluding carboxylic acids is 1. The molecule has 0 aromatic heterocycles. The average molecular weight is 241 g/mol. The molecule has 2 aliphatic heterocycles. The largest absolute Gasteiger partial charge is 0.443 e. The van der Waals surface area contributed by atoms with Crippen LogP contribution < -0.4 is 10.7 Å². The van der Waals surface area contributed by atoms with E-state index in [1.807, 2.05) is 25.8 Å². The van der Waals surface area contributed by atoms with Crippen molar-refractivity contribution in [2.45, 2.75) is 39.2 Å². The van der Waals surface area contributed by atoms with Gasteiger partial charge < -0.3 is 10.1 Å². The molecule has 2 rings (SSSR count). The second-order valence-electron chi connectivity index (χ2n) is 6.22. The summed E-state index contributed by atoms with van der Waals surface area (Å²) in [7, 11) is 0. The van der Waals surface area contributed by atoms with E-state index in [9.17, 15) is 4.79 Å². The highest BCUT2D eigenvalue weighted by atomic mass is 16.6. The number of carbonyl (C=O) groups is 1. The third-order valence-corrected chi connectivity index (χ3v) is 3.37. The smallest absolute Gasteiger partial charge is 0.422 e. The van der Waals surface area contributed by atoms with Crippen LogP contribution >= 0.6 is 0 Å². The number of nitrogens with zero attached hydrogens (tertiary/aromatic N) is 1. The predicted molar refractivity (Wildman–Crippen MR) is 65.5 cm³/mol. The molecule has 2 N–H and O–H groups in total. The minimum absolute atomic E-state index is 0.346. The topological polar surface area (TPSA) is 53.6 Å². The van der Waals surface area contributed by atoms with Gasteiger partial charge in [-0.15, -0.1) is 0 Å². The van der Waals surface area contributed by atoms with Crippen LogP contribution in [0.5, 0.6) is 0 Å². The van der Waals surface area contributed by atoms with E-state index in [1.165, 1.54) is 12.8 Å². The zero-order valence-corrected chi connectivity index (χ0v) is 11.0. The van der Waals surface area contributed by atoms with Crippen LogP contribution in [0.15, 0.2) is 0 Å². The molecule has 5 heteroatoms. The Morgan fingerprint density at radius 1 is 1.29 bits per heavy atom. The summed E-state index contributed by atoms with van der Waals surface area (Å²) in [5.74, 6) is 0. The first-order valence-electron chi connectivity index (χ1n) is 6.34. The van der Waals surface area contributed by atoms with E-state index in [4.69, 9.17) is 4.74 Å². The van der Waals surface area contributed by atoms with Crippen LogP contribution in [-0.4, -0.2) is 42.9 Å². The normalized spacial score (nSPS) is 24.2. The summed E-state index contributed by atoms with van der Waals surface area (Å²) in [5, 5.41) is 5.32. The summed E-state index contributed by atoms with van der Waals surface area (Å²) >= 11 is 0. The molecule has 0 atom stereocenters. The van der Waals surface area contributed by atoms with Gasteiger partial charge in [0.15, 0.2) is 0 Å². The lowest BCUT2D eigenvalue weighted by molar-refractivity contribution is -0.0617. The Morgan fingerprint density at radius 3 is 2.41 bits per heavy atom. The van der Waals surface area contributed by atoms with E-state index in [1.54, 1.807) is 0 Å². The molecule has 0 aromatic carbocycles. The van der Waals surface area contributed by atoms with E-state index in [2.05, 4.69) is 10.7 Å². The fourth-order valence-corrected chi connectivity index (χ4v) is 2.55. The van der Waals surface area contributed by atoms with Crippen molar-refractivity contribution in [3.05, 3.63) is 0 Å². The second kappa shape index (κ2) is 4.46. The molecule has 98 valence electrons. The van der Waals surface area contributed by atoms with Gasteiger partial charge in [-0.25, -0.2) is 9.80 Å². The lowest BCUT2D eigenvalue weighted by Gasteiger charge is -2.51. The van der Waals surface area contributed by atoms with Crippen LogP contribution in [0.4, 0.5) is 4.79 Å². The number of hydrogen-bond acceptors (Lipinski definition) is 4. The Morgan fingerprint density at radius 2 is 1.88 bits per heavy atom. The molecule has 2 saturated heterocycles. The van der Waals surface area contributed by atoms with Gasteiger partial charge in [0, 0.05) is 18.5 Å². The molecule has 1 spiro atoms. The Hall–Kier alpha value is -0.810. The molecule has 0 radical (unpaired) electrons. The minimum Gasteiger partial charge on any atom is -0.443 e. The van der Waals surface area contributed by atoms with Crippen LogP contribution in [0.25, 0.3) is 0 Å². The summed E-state index contributed by atoms with van der Waals surface area (Å²) in [6, 6.07) is 0. The number of hydrazine groups is 1. The predicted octanol–water partition coefficient (Wildman–Crippen LogP) is 1.11. The number of rotatable bonds is 1. The number of ether oxygens (including phenoxy) is 1. The molecule has 0 saturated carbocycles. The summed E-state index contributed by atoms with van der Waals surface area (Å²) in [5.41, 5.74) is 2.80. The van der Waals surface area contributed by atoms with Gasteiger partial charge in [-0.3, -0.25) is 5.43 Å². The molecule has 1 amide bonds. The van der Waals surface area contributed by atoms with Gasteiger partial charge in [0.25, 0.3) is 0 Å². The molecule has 2 fully saturated rings. The molecule has 0 aliphatic carbocycles. The number of amides is 1. The Labute approximate surface area is 103 Å². The van der Waals surface area contributed by atoms with E-state index in [0.29, 0.717) is 5.41 Å². The van der Waals surface area contributed by atoms with Gasteiger partial charge in [-0.05, 0) is 46.7 Å². The summed E-state index contributed by atoms with van der Waals surface area (Å²) in [4.78, 5) is 11.5. The van der Waals surface area contributed by atoms with Gasteiger partial charge in [0.1, 0.15) is 5.60 Å². The summed E-state index contributed by atoms with van der Waals surface area (Å²) in [6.07, 6.45) is 2.07. The van der Waals surface area contributed by atoms with Crippen molar-refractivity contribution in [1.82, 2.24) is 15.8 Å². The molecule has 2 heterocycles. The van der Waals surface area contributed by atoms with Crippen LogP contribution in [0.1, 0.15) is 33.6 Å².